The Bertz CT molecular complexity index is 542. The molecule has 1 unspecified atom stereocenters. The smallest absolute Gasteiger partial charge is 0.247 e. The summed E-state index contributed by atoms with van der Waals surface area (Å²) in [7, 11) is 0. The lowest BCUT2D eigenvalue weighted by molar-refractivity contribution is -0.148. The fraction of sp³-hybridized carbons (Fsp3) is 0.467. The van der Waals surface area contributed by atoms with E-state index in [0.29, 0.717) is 18.1 Å². The molecule has 1 aliphatic heterocycles. The minimum absolute atomic E-state index is 0.0996. The molecular formula is C15H17ClN2O2. The Kier molecular flexibility index (Phi) is 3.66. The summed E-state index contributed by atoms with van der Waals surface area (Å²) in [5.41, 5.74) is 0.780. The maximum Gasteiger partial charge on any atom is 0.247 e. The molecule has 4 nitrogen and oxygen atoms in total. The molecule has 5 heteroatoms. The SMILES string of the molecule is O=C1NCCN(C(=O)C2CCC2)C1c1cccc(Cl)c1. The zero-order valence-corrected chi connectivity index (χ0v) is 11.9. The van der Waals surface area contributed by atoms with Crippen LogP contribution in [0.1, 0.15) is 30.9 Å². The highest BCUT2D eigenvalue weighted by Crippen LogP contribution is 2.33. The summed E-state index contributed by atoms with van der Waals surface area (Å²) in [6.07, 6.45) is 3.00. The molecule has 1 aromatic carbocycles. The molecule has 2 aliphatic rings. The molecule has 3 rings (SSSR count). The lowest BCUT2D eigenvalue weighted by Crippen LogP contribution is -2.54. The van der Waals surface area contributed by atoms with E-state index in [4.69, 9.17) is 11.6 Å². The van der Waals surface area contributed by atoms with Crippen LogP contribution in [0.2, 0.25) is 5.02 Å². The van der Waals surface area contributed by atoms with Crippen LogP contribution in [-0.2, 0) is 9.59 Å². The second kappa shape index (κ2) is 5.44. The Morgan fingerprint density at radius 2 is 2.15 bits per heavy atom. The zero-order chi connectivity index (χ0) is 14.1. The van der Waals surface area contributed by atoms with Crippen molar-refractivity contribution >= 4 is 23.4 Å². The van der Waals surface area contributed by atoms with Crippen LogP contribution in [0.25, 0.3) is 0 Å². The van der Waals surface area contributed by atoms with Crippen LogP contribution in [0.4, 0.5) is 0 Å². The number of amides is 2. The molecule has 2 amide bonds. The van der Waals surface area contributed by atoms with Crippen molar-refractivity contribution < 1.29 is 9.59 Å². The number of hydrogen-bond acceptors (Lipinski definition) is 2. The van der Waals surface area contributed by atoms with Crippen molar-refractivity contribution in [1.82, 2.24) is 10.2 Å². The minimum Gasteiger partial charge on any atom is -0.352 e. The zero-order valence-electron chi connectivity index (χ0n) is 11.1. The first-order chi connectivity index (χ1) is 9.66. The van der Waals surface area contributed by atoms with Crippen molar-refractivity contribution in [3.8, 4) is 0 Å². The first-order valence-corrected chi connectivity index (χ1v) is 7.38. The van der Waals surface area contributed by atoms with E-state index in [1.54, 1.807) is 17.0 Å². The molecule has 0 bridgehead atoms. The van der Waals surface area contributed by atoms with Gasteiger partial charge in [0.25, 0.3) is 0 Å². The number of hydrogen-bond donors (Lipinski definition) is 1. The molecule has 1 saturated heterocycles. The molecular weight excluding hydrogens is 276 g/mol. The van der Waals surface area contributed by atoms with Gasteiger partial charge in [-0.05, 0) is 30.5 Å². The molecule has 1 aliphatic carbocycles. The number of rotatable bonds is 2. The molecule has 106 valence electrons. The average molecular weight is 293 g/mol. The molecule has 1 saturated carbocycles. The molecule has 0 aromatic heterocycles. The van der Waals surface area contributed by atoms with Gasteiger partial charge in [-0.2, -0.15) is 0 Å². The topological polar surface area (TPSA) is 49.4 Å². The summed E-state index contributed by atoms with van der Waals surface area (Å²) in [6, 6.07) is 6.64. The molecule has 1 N–H and O–H groups in total. The third-order valence-electron chi connectivity index (χ3n) is 4.11. The van der Waals surface area contributed by atoms with E-state index in [0.717, 1.165) is 24.8 Å². The predicted molar refractivity (Wildman–Crippen MR) is 76.3 cm³/mol. The monoisotopic (exact) mass is 292 g/mol. The Labute approximate surface area is 123 Å². The fourth-order valence-corrected chi connectivity index (χ4v) is 3.00. The summed E-state index contributed by atoms with van der Waals surface area (Å²) in [5, 5.41) is 3.41. The second-order valence-electron chi connectivity index (χ2n) is 5.41. The van der Waals surface area contributed by atoms with E-state index in [-0.39, 0.29) is 17.7 Å². The van der Waals surface area contributed by atoms with E-state index in [1.807, 2.05) is 12.1 Å². The van der Waals surface area contributed by atoms with Crippen molar-refractivity contribution in [1.29, 1.82) is 0 Å². The van der Waals surface area contributed by atoms with Gasteiger partial charge >= 0.3 is 0 Å². The van der Waals surface area contributed by atoms with Gasteiger partial charge in [-0.1, -0.05) is 30.2 Å². The van der Waals surface area contributed by atoms with Crippen LogP contribution in [0, 0.1) is 5.92 Å². The molecule has 1 atom stereocenters. The van der Waals surface area contributed by atoms with Crippen LogP contribution in [0.5, 0.6) is 0 Å². The number of carbonyl (C=O) groups is 2. The molecule has 20 heavy (non-hydrogen) atoms. The summed E-state index contributed by atoms with van der Waals surface area (Å²) >= 11 is 6.00. The number of nitrogens with one attached hydrogen (secondary N) is 1. The fourth-order valence-electron chi connectivity index (χ4n) is 2.80. The third kappa shape index (κ3) is 2.40. The third-order valence-corrected chi connectivity index (χ3v) is 4.35. The van der Waals surface area contributed by atoms with Crippen molar-refractivity contribution in [3.05, 3.63) is 34.9 Å². The van der Waals surface area contributed by atoms with E-state index < -0.39 is 6.04 Å². The molecule has 1 aromatic rings. The van der Waals surface area contributed by atoms with E-state index in [1.165, 1.54) is 0 Å². The number of halogens is 1. The standard InChI is InChI=1S/C15H17ClN2O2/c16-12-6-2-5-11(9-12)13-14(19)17-7-8-18(13)15(20)10-3-1-4-10/h2,5-6,9-10,13H,1,3-4,7-8H2,(H,17,19). The van der Waals surface area contributed by atoms with Gasteiger partial charge in [0.15, 0.2) is 0 Å². The molecule has 0 spiro atoms. The van der Waals surface area contributed by atoms with Crippen molar-refractivity contribution in [3.63, 3.8) is 0 Å². The number of nitrogens with zero attached hydrogens (tertiary/aromatic N) is 1. The van der Waals surface area contributed by atoms with Crippen LogP contribution in [0.3, 0.4) is 0 Å². The van der Waals surface area contributed by atoms with Crippen molar-refractivity contribution in [2.45, 2.75) is 25.3 Å². The largest absolute Gasteiger partial charge is 0.352 e. The van der Waals surface area contributed by atoms with E-state index >= 15 is 0 Å². The lowest BCUT2D eigenvalue weighted by atomic mass is 9.83. The van der Waals surface area contributed by atoms with Crippen LogP contribution >= 0.6 is 11.6 Å². The Morgan fingerprint density at radius 1 is 1.35 bits per heavy atom. The van der Waals surface area contributed by atoms with E-state index in [2.05, 4.69) is 5.32 Å². The Balaban J connectivity index is 1.90. The van der Waals surface area contributed by atoms with Gasteiger partial charge in [-0.25, -0.2) is 0 Å². The summed E-state index contributed by atoms with van der Waals surface area (Å²) in [5.74, 6) is 0.0878. The number of benzene rings is 1. The van der Waals surface area contributed by atoms with Crippen molar-refractivity contribution in [2.75, 3.05) is 13.1 Å². The highest BCUT2D eigenvalue weighted by Gasteiger charge is 2.38. The van der Waals surface area contributed by atoms with Crippen LogP contribution in [-0.4, -0.2) is 29.8 Å². The first-order valence-electron chi connectivity index (χ1n) is 7.00. The number of carbonyl (C=O) groups excluding carboxylic acids is 2. The first kappa shape index (κ1) is 13.4. The Morgan fingerprint density at radius 3 is 2.80 bits per heavy atom. The Hall–Kier alpha value is -1.55. The predicted octanol–water partition coefficient (Wildman–Crippen LogP) is 2.14. The van der Waals surface area contributed by atoms with Gasteiger partial charge in [-0.15, -0.1) is 0 Å². The average Bonchev–Trinajstić information content (AvgIpc) is 2.36. The summed E-state index contributed by atoms with van der Waals surface area (Å²) in [6.45, 7) is 1.09. The minimum atomic E-state index is -0.546. The van der Waals surface area contributed by atoms with Gasteiger partial charge in [0.05, 0.1) is 0 Å². The molecule has 1 heterocycles. The highest BCUT2D eigenvalue weighted by molar-refractivity contribution is 6.30. The normalized spacial score (nSPS) is 23.1. The van der Waals surface area contributed by atoms with Gasteiger partial charge < -0.3 is 10.2 Å². The van der Waals surface area contributed by atoms with Gasteiger partial charge in [-0.3, -0.25) is 9.59 Å². The van der Waals surface area contributed by atoms with Gasteiger partial charge in [0, 0.05) is 24.0 Å². The van der Waals surface area contributed by atoms with Crippen LogP contribution in [0.15, 0.2) is 24.3 Å². The number of piperazine rings is 1. The second-order valence-corrected chi connectivity index (χ2v) is 5.84. The molecule has 0 radical (unpaired) electrons. The maximum atomic E-state index is 12.5. The van der Waals surface area contributed by atoms with Gasteiger partial charge in [0.2, 0.25) is 11.8 Å². The maximum absolute atomic E-state index is 12.5. The lowest BCUT2D eigenvalue weighted by Gasteiger charge is -2.39. The summed E-state index contributed by atoms with van der Waals surface area (Å²) < 4.78 is 0. The summed E-state index contributed by atoms with van der Waals surface area (Å²) in [4.78, 5) is 26.4. The quantitative estimate of drug-likeness (QED) is 0.908. The molecule has 2 fully saturated rings. The van der Waals surface area contributed by atoms with Crippen molar-refractivity contribution in [2.24, 2.45) is 5.92 Å². The van der Waals surface area contributed by atoms with E-state index in [9.17, 15) is 9.59 Å². The van der Waals surface area contributed by atoms with Crippen LogP contribution < -0.4 is 5.32 Å². The van der Waals surface area contributed by atoms with Gasteiger partial charge in [0.1, 0.15) is 6.04 Å². The highest BCUT2D eigenvalue weighted by atomic mass is 35.5.